The molecule has 3 aromatic rings. The van der Waals surface area contributed by atoms with Crippen LogP contribution in [-0.2, 0) is 27.1 Å². The fourth-order valence-electron chi connectivity index (χ4n) is 6.40. The fraction of sp³-hybridized carbons (Fsp3) is 0.394. The third-order valence-corrected chi connectivity index (χ3v) is 9.19. The van der Waals surface area contributed by atoms with Crippen molar-refractivity contribution in [3.05, 3.63) is 106 Å². The third kappa shape index (κ3) is 6.08. The molecule has 0 bridgehead atoms. The lowest BCUT2D eigenvalue weighted by atomic mass is 9.80. The quantitative estimate of drug-likeness (QED) is 0.335. The molecule has 5 rings (SSSR count). The van der Waals surface area contributed by atoms with Crippen molar-refractivity contribution in [2.24, 2.45) is 5.92 Å². The smallest absolute Gasteiger partial charge is 0.233 e. The summed E-state index contributed by atoms with van der Waals surface area (Å²) < 4.78 is 28.3. The van der Waals surface area contributed by atoms with E-state index in [-0.39, 0.29) is 23.1 Å². The Bertz CT molecular complexity index is 1410. The van der Waals surface area contributed by atoms with Crippen LogP contribution >= 0.6 is 11.6 Å². The van der Waals surface area contributed by atoms with Gasteiger partial charge in [0.2, 0.25) is 5.91 Å². The second kappa shape index (κ2) is 12.0. The Kier molecular flexibility index (Phi) is 8.60. The number of carbonyl (C=O) groups excluding carboxylic acids is 2. The zero-order valence-corrected chi connectivity index (χ0v) is 24.3. The molecule has 1 amide bonds. The maximum atomic E-state index is 14.4. The number of benzene rings is 3. The second-order valence-corrected chi connectivity index (χ2v) is 12.0. The Balaban J connectivity index is 1.34. The summed E-state index contributed by atoms with van der Waals surface area (Å²) in [4.78, 5) is 29.8. The van der Waals surface area contributed by atoms with Crippen LogP contribution in [0.4, 0.5) is 8.78 Å². The minimum Gasteiger partial charge on any atom is -0.341 e. The predicted octanol–water partition coefficient (Wildman–Crippen LogP) is 5.70. The number of likely N-dealkylation sites (N-methyl/N-ethyl adjacent to an activating group) is 1. The normalized spacial score (nSPS) is 21.8. The first-order valence-corrected chi connectivity index (χ1v) is 14.5. The highest BCUT2D eigenvalue weighted by Gasteiger charge is 2.62. The van der Waals surface area contributed by atoms with Crippen LogP contribution in [-0.4, -0.2) is 54.7 Å². The molecule has 1 aliphatic carbocycles. The highest BCUT2D eigenvalue weighted by molar-refractivity contribution is 6.31. The molecule has 5 nitrogen and oxygen atoms in total. The molecule has 1 N–H and O–H groups in total. The van der Waals surface area contributed by atoms with Gasteiger partial charge in [-0.15, -0.1) is 0 Å². The van der Waals surface area contributed by atoms with Gasteiger partial charge in [0.1, 0.15) is 5.78 Å². The van der Waals surface area contributed by atoms with Gasteiger partial charge in [0.15, 0.2) is 11.6 Å². The molecular weight excluding hydrogens is 544 g/mol. The molecule has 1 aliphatic heterocycles. The third-order valence-electron chi connectivity index (χ3n) is 8.82. The van der Waals surface area contributed by atoms with Gasteiger partial charge in [-0.25, -0.2) is 8.78 Å². The van der Waals surface area contributed by atoms with Gasteiger partial charge in [-0.1, -0.05) is 66.2 Å². The van der Waals surface area contributed by atoms with Crippen LogP contribution in [0, 0.1) is 17.6 Å². The first-order chi connectivity index (χ1) is 19.6. The number of hydrogen-bond donors (Lipinski definition) is 1. The van der Waals surface area contributed by atoms with E-state index in [0.29, 0.717) is 36.6 Å². The van der Waals surface area contributed by atoms with E-state index >= 15 is 0 Å². The summed E-state index contributed by atoms with van der Waals surface area (Å²) in [5, 5.41) is 4.11. The molecule has 1 saturated carbocycles. The largest absolute Gasteiger partial charge is 0.341 e. The summed E-state index contributed by atoms with van der Waals surface area (Å²) in [6.07, 6.45) is 2.19. The van der Waals surface area contributed by atoms with Crippen molar-refractivity contribution in [2.45, 2.75) is 43.7 Å². The lowest BCUT2D eigenvalue weighted by molar-refractivity contribution is -0.133. The molecule has 1 saturated heterocycles. The van der Waals surface area contributed by atoms with Crippen LogP contribution in [0.15, 0.2) is 72.8 Å². The van der Waals surface area contributed by atoms with Crippen molar-refractivity contribution < 1.29 is 18.4 Å². The van der Waals surface area contributed by atoms with Crippen molar-refractivity contribution >= 4 is 23.3 Å². The van der Waals surface area contributed by atoms with Crippen LogP contribution < -0.4 is 5.32 Å². The van der Waals surface area contributed by atoms with Gasteiger partial charge in [0.25, 0.3) is 0 Å². The van der Waals surface area contributed by atoms with Crippen molar-refractivity contribution in [1.29, 1.82) is 0 Å². The lowest BCUT2D eigenvalue weighted by Crippen LogP contribution is -2.52. The molecular formula is C33H36ClF2N3O2. The molecule has 2 atom stereocenters. The van der Waals surface area contributed by atoms with Crippen LogP contribution in [0.1, 0.15) is 42.9 Å². The maximum absolute atomic E-state index is 14.4. The minimum absolute atomic E-state index is 0.0389. The Labute approximate surface area is 245 Å². The number of nitrogens with one attached hydrogen (secondary N) is 1. The summed E-state index contributed by atoms with van der Waals surface area (Å²) >= 11 is 6.36. The number of ketones is 1. The fourth-order valence-corrected chi connectivity index (χ4v) is 6.60. The molecule has 2 fully saturated rings. The Hall–Kier alpha value is -3.13. The van der Waals surface area contributed by atoms with E-state index in [1.54, 1.807) is 31.0 Å². The average molecular weight is 580 g/mol. The van der Waals surface area contributed by atoms with E-state index in [1.165, 1.54) is 11.6 Å². The van der Waals surface area contributed by atoms with E-state index in [4.69, 9.17) is 11.6 Å². The molecule has 1 heterocycles. The standard InChI is InChI=1S/C33H36ClF2N3O2/c1-23(40)20-37-32(25-9-4-3-5-10-25)14-16-39(17-15-32)22-27-19-33(27,26-12-13-29(35)30(36)18-26)31(41)38(2)21-24-8-6-7-11-28(24)34/h3-13,18,27,37H,14-17,19-22H2,1-2H3/t27-,33+/m0/s1. The number of hydrogen-bond acceptors (Lipinski definition) is 4. The van der Waals surface area contributed by atoms with Gasteiger partial charge in [-0.05, 0) is 67.0 Å². The average Bonchev–Trinajstić information content (AvgIpc) is 3.70. The second-order valence-electron chi connectivity index (χ2n) is 11.6. The van der Waals surface area contributed by atoms with Gasteiger partial charge in [0, 0.05) is 43.8 Å². The summed E-state index contributed by atoms with van der Waals surface area (Å²) in [6, 6.07) is 21.5. The van der Waals surface area contributed by atoms with E-state index in [2.05, 4.69) is 22.3 Å². The SMILES string of the molecule is CC(=O)CNC1(c2ccccc2)CCN(C[C@@H]2C[C@@]2(C(=O)N(C)Cc2ccccc2Cl)c2ccc(F)c(F)c2)CC1. The van der Waals surface area contributed by atoms with Crippen molar-refractivity contribution in [3.63, 3.8) is 0 Å². The predicted molar refractivity (Wildman–Crippen MR) is 157 cm³/mol. The summed E-state index contributed by atoms with van der Waals surface area (Å²) in [5.41, 5.74) is 1.28. The van der Waals surface area contributed by atoms with Crippen molar-refractivity contribution in [3.8, 4) is 0 Å². The van der Waals surface area contributed by atoms with Gasteiger partial charge in [0.05, 0.1) is 12.0 Å². The van der Waals surface area contributed by atoms with Crippen LogP contribution in [0.2, 0.25) is 5.02 Å². The number of Topliss-reactive ketones (excluding diaryl/α,β-unsaturated/α-hetero) is 1. The monoisotopic (exact) mass is 579 g/mol. The Morgan fingerprint density at radius 3 is 2.32 bits per heavy atom. The molecule has 0 aromatic heterocycles. The number of rotatable bonds is 10. The van der Waals surface area contributed by atoms with E-state index in [9.17, 15) is 18.4 Å². The topological polar surface area (TPSA) is 52.7 Å². The van der Waals surface area contributed by atoms with E-state index < -0.39 is 17.0 Å². The zero-order chi connectivity index (χ0) is 29.2. The zero-order valence-electron chi connectivity index (χ0n) is 23.5. The molecule has 0 spiro atoms. The Morgan fingerprint density at radius 1 is 0.976 bits per heavy atom. The van der Waals surface area contributed by atoms with Crippen molar-refractivity contribution in [2.75, 3.05) is 33.2 Å². The summed E-state index contributed by atoms with van der Waals surface area (Å²) in [7, 11) is 1.73. The molecule has 41 heavy (non-hydrogen) atoms. The molecule has 0 radical (unpaired) electrons. The highest BCUT2D eigenvalue weighted by Crippen LogP contribution is 2.56. The number of nitrogens with zero attached hydrogens (tertiary/aromatic N) is 2. The molecule has 8 heteroatoms. The molecule has 216 valence electrons. The van der Waals surface area contributed by atoms with Crippen LogP contribution in [0.25, 0.3) is 0 Å². The Morgan fingerprint density at radius 2 is 1.66 bits per heavy atom. The van der Waals surface area contributed by atoms with Gasteiger partial charge in [-0.2, -0.15) is 0 Å². The van der Waals surface area contributed by atoms with Crippen LogP contribution in [0.5, 0.6) is 0 Å². The van der Waals surface area contributed by atoms with E-state index in [1.807, 2.05) is 36.4 Å². The number of piperidine rings is 1. The van der Waals surface area contributed by atoms with Gasteiger partial charge < -0.3 is 15.1 Å². The number of amides is 1. The highest BCUT2D eigenvalue weighted by atomic mass is 35.5. The number of carbonyl (C=O) groups is 2. The van der Waals surface area contributed by atoms with E-state index in [0.717, 1.165) is 37.6 Å². The minimum atomic E-state index is -0.948. The molecule has 0 unspecified atom stereocenters. The number of halogens is 3. The van der Waals surface area contributed by atoms with Gasteiger partial charge in [-0.3, -0.25) is 9.59 Å². The van der Waals surface area contributed by atoms with Crippen LogP contribution in [0.3, 0.4) is 0 Å². The lowest BCUT2D eigenvalue weighted by Gasteiger charge is -2.43. The summed E-state index contributed by atoms with van der Waals surface area (Å²) in [5.74, 6) is -1.94. The number of likely N-dealkylation sites (tertiary alicyclic amines) is 1. The van der Waals surface area contributed by atoms with Crippen molar-refractivity contribution in [1.82, 2.24) is 15.1 Å². The maximum Gasteiger partial charge on any atom is 0.233 e. The molecule has 3 aromatic carbocycles. The first kappa shape index (κ1) is 29.4. The van der Waals surface area contributed by atoms with Gasteiger partial charge >= 0.3 is 0 Å². The summed E-state index contributed by atoms with van der Waals surface area (Å²) in [6.45, 7) is 4.46. The first-order valence-electron chi connectivity index (χ1n) is 14.1. The molecule has 2 aliphatic rings.